The highest BCUT2D eigenvalue weighted by Crippen LogP contribution is 2.26. The van der Waals surface area contributed by atoms with Crippen LogP contribution in [-0.4, -0.2) is 22.8 Å². The SMILES string of the molecule is Cc1cccc(COc2ccc(/C=C3\C(=O)NC(=O)N(c4cccc([N+](=O)[O-])c4)C3=O)cc2)c1. The molecule has 0 saturated carbocycles. The van der Waals surface area contributed by atoms with Crippen LogP contribution < -0.4 is 15.0 Å². The maximum absolute atomic E-state index is 13.0. The molecule has 1 aliphatic heterocycles. The smallest absolute Gasteiger partial charge is 0.335 e. The zero-order valence-electron chi connectivity index (χ0n) is 18.1. The number of aryl methyl sites for hydroxylation is 1. The van der Waals surface area contributed by atoms with E-state index in [1.165, 1.54) is 24.3 Å². The van der Waals surface area contributed by atoms with E-state index in [4.69, 9.17) is 4.74 Å². The monoisotopic (exact) mass is 457 g/mol. The first-order chi connectivity index (χ1) is 16.3. The zero-order chi connectivity index (χ0) is 24.2. The molecule has 9 heteroatoms. The Morgan fingerprint density at radius 3 is 2.44 bits per heavy atom. The number of carbonyl (C=O) groups is 3. The summed E-state index contributed by atoms with van der Waals surface area (Å²) in [5.74, 6) is -1.12. The normalized spacial score (nSPS) is 14.8. The summed E-state index contributed by atoms with van der Waals surface area (Å²) < 4.78 is 5.78. The molecule has 170 valence electrons. The van der Waals surface area contributed by atoms with E-state index in [0.717, 1.165) is 17.2 Å². The van der Waals surface area contributed by atoms with Gasteiger partial charge in [0.25, 0.3) is 17.5 Å². The summed E-state index contributed by atoms with van der Waals surface area (Å²) in [6.07, 6.45) is 1.35. The molecule has 1 aliphatic rings. The van der Waals surface area contributed by atoms with Crippen molar-refractivity contribution in [3.8, 4) is 5.75 Å². The number of urea groups is 1. The molecule has 0 unspecified atom stereocenters. The van der Waals surface area contributed by atoms with Gasteiger partial charge in [-0.3, -0.25) is 25.0 Å². The van der Waals surface area contributed by atoms with Crippen LogP contribution in [0.4, 0.5) is 16.2 Å². The van der Waals surface area contributed by atoms with Crippen LogP contribution in [0.25, 0.3) is 6.08 Å². The van der Waals surface area contributed by atoms with Gasteiger partial charge in [-0.2, -0.15) is 0 Å². The number of carbonyl (C=O) groups excluding carboxylic acids is 3. The Bertz CT molecular complexity index is 1330. The third-order valence-corrected chi connectivity index (χ3v) is 5.08. The Morgan fingerprint density at radius 2 is 1.74 bits per heavy atom. The van der Waals surface area contributed by atoms with Crippen LogP contribution in [0.3, 0.4) is 0 Å². The molecule has 1 saturated heterocycles. The van der Waals surface area contributed by atoms with Gasteiger partial charge in [0.15, 0.2) is 0 Å². The van der Waals surface area contributed by atoms with Crippen LogP contribution in [-0.2, 0) is 16.2 Å². The minimum absolute atomic E-state index is 0.0185. The first-order valence-corrected chi connectivity index (χ1v) is 10.3. The number of rotatable bonds is 6. The number of ether oxygens (including phenoxy) is 1. The van der Waals surface area contributed by atoms with Crippen LogP contribution in [0, 0.1) is 17.0 Å². The Labute approximate surface area is 194 Å². The Balaban J connectivity index is 1.53. The van der Waals surface area contributed by atoms with E-state index in [-0.39, 0.29) is 16.9 Å². The van der Waals surface area contributed by atoms with E-state index >= 15 is 0 Å². The minimum atomic E-state index is -0.979. The predicted molar refractivity (Wildman–Crippen MR) is 124 cm³/mol. The van der Waals surface area contributed by atoms with E-state index in [9.17, 15) is 24.5 Å². The first kappa shape index (κ1) is 22.4. The molecule has 0 aromatic heterocycles. The van der Waals surface area contributed by atoms with Crippen LogP contribution >= 0.6 is 0 Å². The number of barbiturate groups is 1. The summed E-state index contributed by atoms with van der Waals surface area (Å²) in [7, 11) is 0. The number of nitrogens with one attached hydrogen (secondary N) is 1. The third kappa shape index (κ3) is 4.83. The molecule has 0 bridgehead atoms. The Hall–Kier alpha value is -4.79. The molecule has 3 aromatic carbocycles. The van der Waals surface area contributed by atoms with Gasteiger partial charge < -0.3 is 4.74 Å². The van der Waals surface area contributed by atoms with Gasteiger partial charge in [-0.1, -0.05) is 48.0 Å². The van der Waals surface area contributed by atoms with Crippen molar-refractivity contribution < 1.29 is 24.0 Å². The number of amides is 4. The summed E-state index contributed by atoms with van der Waals surface area (Å²) in [5, 5.41) is 13.1. The number of hydrogen-bond donors (Lipinski definition) is 1. The first-order valence-electron chi connectivity index (χ1n) is 10.3. The largest absolute Gasteiger partial charge is 0.489 e. The fourth-order valence-electron chi connectivity index (χ4n) is 3.43. The van der Waals surface area contributed by atoms with Crippen molar-refractivity contribution in [3.05, 3.63) is 105 Å². The molecule has 9 nitrogen and oxygen atoms in total. The lowest BCUT2D eigenvalue weighted by Gasteiger charge is -2.26. The highest BCUT2D eigenvalue weighted by molar-refractivity contribution is 6.39. The fraction of sp³-hybridized carbons (Fsp3) is 0.0800. The van der Waals surface area contributed by atoms with Gasteiger partial charge in [0, 0.05) is 12.1 Å². The summed E-state index contributed by atoms with van der Waals surface area (Å²) in [4.78, 5) is 48.7. The standard InChI is InChI=1S/C25H19N3O6/c1-16-4-2-5-18(12-16)15-34-21-10-8-17(9-11-21)13-22-23(29)26-25(31)27(24(22)30)19-6-3-7-20(14-19)28(32)33/h2-14H,15H2,1H3,(H,26,29,31)/b22-13+. The summed E-state index contributed by atoms with van der Waals surface area (Å²) in [6.45, 7) is 2.39. The van der Waals surface area contributed by atoms with Crippen LogP contribution in [0.15, 0.2) is 78.4 Å². The van der Waals surface area contributed by atoms with Crippen molar-refractivity contribution in [2.75, 3.05) is 4.90 Å². The van der Waals surface area contributed by atoms with Gasteiger partial charge in [0.05, 0.1) is 10.6 Å². The molecule has 1 fully saturated rings. The maximum atomic E-state index is 13.0. The second-order valence-electron chi connectivity index (χ2n) is 7.58. The maximum Gasteiger partial charge on any atom is 0.335 e. The van der Waals surface area contributed by atoms with Gasteiger partial charge in [-0.15, -0.1) is 0 Å². The molecule has 1 heterocycles. The fourth-order valence-corrected chi connectivity index (χ4v) is 3.43. The number of nitro groups is 1. The number of nitrogens with zero attached hydrogens (tertiary/aromatic N) is 2. The highest BCUT2D eigenvalue weighted by Gasteiger charge is 2.37. The van der Waals surface area contributed by atoms with Crippen molar-refractivity contribution in [3.63, 3.8) is 0 Å². The molecule has 4 rings (SSSR count). The van der Waals surface area contributed by atoms with E-state index in [1.807, 2.05) is 31.2 Å². The molecular weight excluding hydrogens is 438 g/mol. The second-order valence-corrected chi connectivity index (χ2v) is 7.58. The average molecular weight is 457 g/mol. The number of anilines is 1. The molecule has 0 spiro atoms. The van der Waals surface area contributed by atoms with Gasteiger partial charge in [-0.25, -0.2) is 9.69 Å². The van der Waals surface area contributed by atoms with Gasteiger partial charge in [0.1, 0.15) is 17.9 Å². The number of imide groups is 2. The van der Waals surface area contributed by atoms with E-state index in [0.29, 0.717) is 22.8 Å². The van der Waals surface area contributed by atoms with Crippen LogP contribution in [0.1, 0.15) is 16.7 Å². The Morgan fingerprint density at radius 1 is 1.00 bits per heavy atom. The van der Waals surface area contributed by atoms with E-state index in [2.05, 4.69) is 5.32 Å². The molecule has 1 N–H and O–H groups in total. The number of hydrogen-bond acceptors (Lipinski definition) is 6. The predicted octanol–water partition coefficient (Wildman–Crippen LogP) is 4.15. The molecule has 34 heavy (non-hydrogen) atoms. The van der Waals surface area contributed by atoms with Crippen LogP contribution in [0.5, 0.6) is 5.75 Å². The van der Waals surface area contributed by atoms with Gasteiger partial charge in [0.2, 0.25) is 0 Å². The number of nitro benzene ring substituents is 1. The minimum Gasteiger partial charge on any atom is -0.489 e. The third-order valence-electron chi connectivity index (χ3n) is 5.08. The summed E-state index contributed by atoms with van der Waals surface area (Å²) in [6, 6.07) is 18.8. The highest BCUT2D eigenvalue weighted by atomic mass is 16.6. The zero-order valence-corrected chi connectivity index (χ0v) is 18.1. The molecule has 0 aliphatic carbocycles. The Kier molecular flexibility index (Phi) is 6.18. The van der Waals surface area contributed by atoms with Crippen molar-refractivity contribution in [1.82, 2.24) is 5.32 Å². The average Bonchev–Trinajstić information content (AvgIpc) is 2.81. The van der Waals surface area contributed by atoms with E-state index < -0.39 is 22.8 Å². The lowest BCUT2D eigenvalue weighted by Crippen LogP contribution is -2.54. The second kappa shape index (κ2) is 9.37. The molecule has 4 amide bonds. The van der Waals surface area contributed by atoms with Crippen molar-refractivity contribution in [2.45, 2.75) is 13.5 Å². The van der Waals surface area contributed by atoms with Gasteiger partial charge >= 0.3 is 6.03 Å². The van der Waals surface area contributed by atoms with Crippen molar-refractivity contribution >= 4 is 35.3 Å². The summed E-state index contributed by atoms with van der Waals surface area (Å²) >= 11 is 0. The summed E-state index contributed by atoms with van der Waals surface area (Å²) in [5.41, 5.74) is 2.11. The van der Waals surface area contributed by atoms with Crippen molar-refractivity contribution in [1.29, 1.82) is 0 Å². The van der Waals surface area contributed by atoms with Crippen molar-refractivity contribution in [2.24, 2.45) is 0 Å². The molecular formula is C25H19N3O6. The topological polar surface area (TPSA) is 119 Å². The molecule has 0 radical (unpaired) electrons. The number of benzene rings is 3. The quantitative estimate of drug-likeness (QED) is 0.257. The lowest BCUT2D eigenvalue weighted by molar-refractivity contribution is -0.384. The van der Waals surface area contributed by atoms with Gasteiger partial charge in [-0.05, 0) is 42.3 Å². The van der Waals surface area contributed by atoms with E-state index in [1.54, 1.807) is 24.3 Å². The molecule has 3 aromatic rings. The lowest BCUT2D eigenvalue weighted by atomic mass is 10.1. The molecule has 0 atom stereocenters. The van der Waals surface area contributed by atoms with Crippen LogP contribution in [0.2, 0.25) is 0 Å². The number of non-ortho nitro benzene ring substituents is 1.